The summed E-state index contributed by atoms with van der Waals surface area (Å²) in [5.74, 6) is 0. The average Bonchev–Trinajstić information content (AvgIpc) is 2.97. The number of halogens is 1. The number of rotatable bonds is 2. The molecule has 3 aromatic rings. The summed E-state index contributed by atoms with van der Waals surface area (Å²) in [4.78, 5) is 4.65. The average molecular weight is 377 g/mol. The van der Waals surface area contributed by atoms with Crippen molar-refractivity contribution in [3.05, 3.63) is 58.0 Å². The molecule has 8 heteroatoms. The Balaban J connectivity index is 1.75. The summed E-state index contributed by atoms with van der Waals surface area (Å²) in [6, 6.07) is 6.88. The molecule has 3 heterocycles. The normalized spacial score (nSPS) is 15.5. The van der Waals surface area contributed by atoms with E-state index < -0.39 is 10.0 Å². The van der Waals surface area contributed by atoms with E-state index in [2.05, 4.69) is 10.1 Å². The molecule has 0 radical (unpaired) electrons. The Morgan fingerprint density at radius 1 is 1.24 bits per heavy atom. The fourth-order valence-electron chi connectivity index (χ4n) is 3.24. The molecule has 0 N–H and O–H groups in total. The molecule has 1 aromatic carbocycles. The third kappa shape index (κ3) is 2.63. The van der Waals surface area contributed by atoms with Crippen LogP contribution in [0.4, 0.5) is 0 Å². The first kappa shape index (κ1) is 16.5. The lowest BCUT2D eigenvalue weighted by Gasteiger charge is -2.28. The molecule has 6 nitrogen and oxygen atoms in total. The van der Waals surface area contributed by atoms with Gasteiger partial charge in [-0.3, -0.25) is 0 Å². The lowest BCUT2D eigenvalue weighted by atomic mass is 10.1. The molecule has 0 bridgehead atoms. The van der Waals surface area contributed by atoms with Gasteiger partial charge in [0.2, 0.25) is 10.0 Å². The van der Waals surface area contributed by atoms with Gasteiger partial charge in [-0.1, -0.05) is 17.7 Å². The number of hydrogen-bond donors (Lipinski definition) is 0. The van der Waals surface area contributed by atoms with Crippen molar-refractivity contribution in [2.24, 2.45) is 0 Å². The van der Waals surface area contributed by atoms with Crippen LogP contribution < -0.4 is 0 Å². The van der Waals surface area contributed by atoms with Crippen LogP contribution >= 0.6 is 11.6 Å². The highest BCUT2D eigenvalue weighted by molar-refractivity contribution is 7.89. The smallest absolute Gasteiger partial charge is 0.237 e. The van der Waals surface area contributed by atoms with Gasteiger partial charge in [0.05, 0.1) is 16.3 Å². The maximum atomic E-state index is 13.1. The minimum atomic E-state index is -3.61. The van der Waals surface area contributed by atoms with E-state index in [-0.39, 0.29) is 11.4 Å². The molecule has 2 aromatic heterocycles. The zero-order valence-electron chi connectivity index (χ0n) is 13.9. The van der Waals surface area contributed by atoms with E-state index in [1.807, 2.05) is 17.5 Å². The zero-order chi connectivity index (χ0) is 17.8. The Bertz CT molecular complexity index is 1090. The predicted octanol–water partition coefficient (Wildman–Crippen LogP) is 2.75. The van der Waals surface area contributed by atoms with Gasteiger partial charge in [-0.25, -0.2) is 17.9 Å². The van der Waals surface area contributed by atoms with Crippen LogP contribution in [0.1, 0.15) is 22.5 Å². The SMILES string of the molecule is Cc1cc2ncc3c(n2n1)CCN(S(=O)(=O)c1cccc(Cl)c1C)C3. The second-order valence-electron chi connectivity index (χ2n) is 6.24. The number of aromatic nitrogens is 3. The van der Waals surface area contributed by atoms with Gasteiger partial charge in [0, 0.05) is 42.4 Å². The topological polar surface area (TPSA) is 67.6 Å². The van der Waals surface area contributed by atoms with Crippen LogP contribution in [0.15, 0.2) is 35.4 Å². The standard InChI is InChI=1S/C17H17ClN4O2S/c1-11-8-17-19-9-13-10-21(7-6-15(13)22(17)20-11)25(23,24)16-5-3-4-14(18)12(16)2/h3-5,8-9H,6-7,10H2,1-2H3. The van der Waals surface area contributed by atoms with Crippen LogP contribution in [0.2, 0.25) is 5.02 Å². The Hall–Kier alpha value is -1.96. The summed E-state index contributed by atoms with van der Waals surface area (Å²) in [7, 11) is -3.61. The van der Waals surface area contributed by atoms with Gasteiger partial charge in [-0.2, -0.15) is 9.40 Å². The maximum Gasteiger partial charge on any atom is 0.243 e. The lowest BCUT2D eigenvalue weighted by Crippen LogP contribution is -2.37. The third-order valence-corrected chi connectivity index (χ3v) is 6.97. The fourth-order valence-corrected chi connectivity index (χ4v) is 5.14. The molecule has 25 heavy (non-hydrogen) atoms. The molecule has 0 saturated carbocycles. The van der Waals surface area contributed by atoms with Gasteiger partial charge in [0.15, 0.2) is 5.65 Å². The summed E-state index contributed by atoms with van der Waals surface area (Å²) in [6.07, 6.45) is 2.34. The summed E-state index contributed by atoms with van der Waals surface area (Å²) in [5, 5.41) is 4.92. The first-order valence-corrected chi connectivity index (χ1v) is 9.78. The van der Waals surface area contributed by atoms with E-state index in [0.29, 0.717) is 23.6 Å². The summed E-state index contributed by atoms with van der Waals surface area (Å²) < 4.78 is 29.4. The van der Waals surface area contributed by atoms with E-state index >= 15 is 0 Å². The van der Waals surface area contributed by atoms with Gasteiger partial charge in [0.25, 0.3) is 0 Å². The molecule has 1 aliphatic heterocycles. The molecule has 4 rings (SSSR count). The summed E-state index contributed by atoms with van der Waals surface area (Å²) in [6.45, 7) is 4.33. The Morgan fingerprint density at radius 2 is 2.04 bits per heavy atom. The molecule has 0 amide bonds. The van der Waals surface area contributed by atoms with Crippen LogP contribution in [-0.2, 0) is 23.0 Å². The highest BCUT2D eigenvalue weighted by Gasteiger charge is 2.31. The lowest BCUT2D eigenvalue weighted by molar-refractivity contribution is 0.384. The summed E-state index contributed by atoms with van der Waals surface area (Å²) in [5.41, 5.74) is 4.16. The summed E-state index contributed by atoms with van der Waals surface area (Å²) >= 11 is 6.10. The first-order valence-electron chi connectivity index (χ1n) is 7.96. The monoisotopic (exact) mass is 376 g/mol. The molecule has 0 unspecified atom stereocenters. The van der Waals surface area contributed by atoms with Gasteiger partial charge < -0.3 is 0 Å². The molecular formula is C17H17ClN4O2S. The van der Waals surface area contributed by atoms with Gasteiger partial charge >= 0.3 is 0 Å². The van der Waals surface area contributed by atoms with Crippen molar-refractivity contribution in [2.45, 2.75) is 31.7 Å². The quantitative estimate of drug-likeness (QED) is 0.689. The van der Waals surface area contributed by atoms with Crippen LogP contribution in [0.5, 0.6) is 0 Å². The van der Waals surface area contributed by atoms with Crippen molar-refractivity contribution in [3.8, 4) is 0 Å². The number of nitrogens with zero attached hydrogens (tertiary/aromatic N) is 4. The van der Waals surface area contributed by atoms with E-state index in [4.69, 9.17) is 11.6 Å². The largest absolute Gasteiger partial charge is 0.243 e. The Kier molecular flexibility index (Phi) is 3.82. The third-order valence-electron chi connectivity index (χ3n) is 4.57. The van der Waals surface area contributed by atoms with Gasteiger partial charge in [-0.15, -0.1) is 0 Å². The maximum absolute atomic E-state index is 13.1. The molecule has 0 fully saturated rings. The van der Waals surface area contributed by atoms with E-state index in [1.165, 1.54) is 4.31 Å². The van der Waals surface area contributed by atoms with E-state index in [0.717, 1.165) is 22.6 Å². The van der Waals surface area contributed by atoms with Crippen molar-refractivity contribution in [2.75, 3.05) is 6.54 Å². The van der Waals surface area contributed by atoms with Crippen LogP contribution in [0.3, 0.4) is 0 Å². The van der Waals surface area contributed by atoms with Crippen molar-refractivity contribution < 1.29 is 8.42 Å². The molecular weight excluding hydrogens is 360 g/mol. The molecule has 0 saturated heterocycles. The molecule has 0 spiro atoms. The van der Waals surface area contributed by atoms with Gasteiger partial charge in [-0.05, 0) is 31.5 Å². The number of hydrogen-bond acceptors (Lipinski definition) is 4. The van der Waals surface area contributed by atoms with E-state index in [1.54, 1.807) is 31.3 Å². The Labute approximate surface area is 151 Å². The molecule has 0 aliphatic carbocycles. The predicted molar refractivity (Wildman–Crippen MR) is 95.2 cm³/mol. The second-order valence-corrected chi connectivity index (χ2v) is 8.55. The number of benzene rings is 1. The first-order chi connectivity index (χ1) is 11.9. The highest BCUT2D eigenvalue weighted by atomic mass is 35.5. The number of fused-ring (bicyclic) bond motifs is 3. The van der Waals surface area contributed by atoms with Gasteiger partial charge in [0.1, 0.15) is 0 Å². The van der Waals surface area contributed by atoms with Crippen LogP contribution in [-0.4, -0.2) is 33.9 Å². The van der Waals surface area contributed by atoms with Crippen molar-refractivity contribution >= 4 is 27.3 Å². The minimum absolute atomic E-state index is 0.257. The van der Waals surface area contributed by atoms with Crippen LogP contribution in [0, 0.1) is 13.8 Å². The number of sulfonamides is 1. The van der Waals surface area contributed by atoms with E-state index in [9.17, 15) is 8.42 Å². The molecule has 130 valence electrons. The second kappa shape index (κ2) is 5.79. The van der Waals surface area contributed by atoms with Crippen molar-refractivity contribution in [3.63, 3.8) is 0 Å². The molecule has 1 aliphatic rings. The van der Waals surface area contributed by atoms with Crippen molar-refractivity contribution in [1.82, 2.24) is 18.9 Å². The van der Waals surface area contributed by atoms with Crippen molar-refractivity contribution in [1.29, 1.82) is 0 Å². The fraction of sp³-hybridized carbons (Fsp3) is 0.294. The highest BCUT2D eigenvalue weighted by Crippen LogP contribution is 2.29. The number of aryl methyl sites for hydroxylation is 1. The Morgan fingerprint density at radius 3 is 2.84 bits per heavy atom. The zero-order valence-corrected chi connectivity index (χ0v) is 15.5. The van der Waals surface area contributed by atoms with Crippen LogP contribution in [0.25, 0.3) is 5.65 Å². The minimum Gasteiger partial charge on any atom is -0.237 e. The molecule has 0 atom stereocenters.